The van der Waals surface area contributed by atoms with Crippen LogP contribution >= 0.6 is 0 Å². The lowest BCUT2D eigenvalue weighted by molar-refractivity contribution is -0.137. The Balaban J connectivity index is 1.63. The van der Waals surface area contributed by atoms with E-state index in [0.717, 1.165) is 18.8 Å². The number of ether oxygens (including phenoxy) is 3. The molecule has 1 aromatic rings. The molecule has 1 unspecified atom stereocenters. The third kappa shape index (κ3) is 3.03. The summed E-state index contributed by atoms with van der Waals surface area (Å²) >= 11 is 0. The van der Waals surface area contributed by atoms with Crippen molar-refractivity contribution in [3.05, 3.63) is 29.8 Å². The summed E-state index contributed by atoms with van der Waals surface area (Å²) in [5, 5.41) is 3.42. The molecule has 1 N–H and O–H groups in total. The Morgan fingerprint density at radius 3 is 2.89 bits per heavy atom. The maximum atomic E-state index is 12.6. The van der Waals surface area contributed by atoms with Gasteiger partial charge in [0.05, 0.1) is 19.8 Å². The maximum Gasteiger partial charge on any atom is 0.222 e. The lowest BCUT2D eigenvalue weighted by Gasteiger charge is -2.53. The van der Waals surface area contributed by atoms with Crippen molar-refractivity contribution in [2.45, 2.75) is 51.7 Å². The molecule has 1 amide bonds. The Hall–Kier alpha value is -1.59. The molecule has 2 aliphatic carbocycles. The van der Waals surface area contributed by atoms with Crippen LogP contribution in [0.2, 0.25) is 0 Å². The highest BCUT2D eigenvalue weighted by atomic mass is 16.5. The van der Waals surface area contributed by atoms with Crippen LogP contribution in [0.3, 0.4) is 0 Å². The van der Waals surface area contributed by atoms with Crippen molar-refractivity contribution in [3.8, 4) is 5.75 Å². The van der Waals surface area contributed by atoms with Crippen molar-refractivity contribution in [2.75, 3.05) is 27.4 Å². The second kappa shape index (κ2) is 7.34. The van der Waals surface area contributed by atoms with Crippen LogP contribution in [0.4, 0.5) is 0 Å². The number of methoxy groups -OCH3 is 2. The van der Waals surface area contributed by atoms with Crippen molar-refractivity contribution in [1.82, 2.24) is 5.32 Å². The summed E-state index contributed by atoms with van der Waals surface area (Å²) in [5.74, 6) is 2.01. The van der Waals surface area contributed by atoms with Gasteiger partial charge in [-0.3, -0.25) is 4.79 Å². The first-order valence-corrected chi connectivity index (χ1v) is 10.5. The van der Waals surface area contributed by atoms with Crippen LogP contribution in [0.15, 0.2) is 24.3 Å². The first kappa shape index (κ1) is 19.7. The van der Waals surface area contributed by atoms with Gasteiger partial charge in [0.2, 0.25) is 5.91 Å². The minimum absolute atomic E-state index is 0.0725. The summed E-state index contributed by atoms with van der Waals surface area (Å²) < 4.78 is 16.9. The molecule has 1 spiro atoms. The van der Waals surface area contributed by atoms with Gasteiger partial charge in [-0.2, -0.15) is 0 Å². The van der Waals surface area contributed by atoms with Crippen LogP contribution < -0.4 is 10.1 Å². The van der Waals surface area contributed by atoms with Gasteiger partial charge in [-0.15, -0.1) is 0 Å². The smallest absolute Gasteiger partial charge is 0.222 e. The molecule has 154 valence electrons. The monoisotopic (exact) mass is 387 g/mol. The van der Waals surface area contributed by atoms with Gasteiger partial charge in [0.15, 0.2) is 0 Å². The zero-order valence-electron chi connectivity index (χ0n) is 17.5. The van der Waals surface area contributed by atoms with E-state index in [-0.39, 0.29) is 28.9 Å². The van der Waals surface area contributed by atoms with E-state index < -0.39 is 0 Å². The van der Waals surface area contributed by atoms with Crippen molar-refractivity contribution in [1.29, 1.82) is 0 Å². The molecular weight excluding hydrogens is 354 g/mol. The summed E-state index contributed by atoms with van der Waals surface area (Å²) in [6.45, 7) is 5.87. The highest BCUT2D eigenvalue weighted by Crippen LogP contribution is 2.70. The zero-order chi connectivity index (χ0) is 19.9. The molecule has 5 nitrogen and oxygen atoms in total. The predicted octanol–water partition coefficient (Wildman–Crippen LogP) is 3.73. The van der Waals surface area contributed by atoms with Gasteiger partial charge < -0.3 is 19.5 Å². The summed E-state index contributed by atoms with van der Waals surface area (Å²) in [6, 6.07) is 8.46. The first-order valence-electron chi connectivity index (χ1n) is 10.5. The number of rotatable bonds is 6. The highest BCUT2D eigenvalue weighted by molar-refractivity contribution is 5.76. The first-order chi connectivity index (χ1) is 13.4. The average Bonchev–Trinajstić information content (AvgIpc) is 3.19. The number of benzene rings is 1. The van der Waals surface area contributed by atoms with Crippen LogP contribution in [0, 0.1) is 22.7 Å². The Morgan fingerprint density at radius 1 is 1.32 bits per heavy atom. The van der Waals surface area contributed by atoms with E-state index in [1.165, 1.54) is 18.4 Å². The standard InChI is InChI=1S/C23H33NO4/c1-22(2)16-13-18-20(15-6-5-7-17(12-15)27-4)28-11-9-23(18,14-16)21(22)24-19(25)8-10-26-3/h5-7,12,16,18,20-21H,8-11,13-14H2,1-4H3,(H,24,25)/t16-,18-,20-,21+,23?/m1/s1. The Labute approximate surface area is 168 Å². The molecular formula is C23H33NO4. The van der Waals surface area contributed by atoms with Gasteiger partial charge in [0.1, 0.15) is 5.75 Å². The molecule has 0 radical (unpaired) electrons. The molecule has 1 heterocycles. The van der Waals surface area contributed by atoms with E-state index in [9.17, 15) is 4.79 Å². The largest absolute Gasteiger partial charge is 0.497 e. The van der Waals surface area contributed by atoms with E-state index in [1.54, 1.807) is 14.2 Å². The van der Waals surface area contributed by atoms with Crippen molar-refractivity contribution in [2.24, 2.45) is 22.7 Å². The Morgan fingerprint density at radius 2 is 2.14 bits per heavy atom. The van der Waals surface area contributed by atoms with Gasteiger partial charge >= 0.3 is 0 Å². The lowest BCUT2D eigenvalue weighted by atomic mass is 9.59. The van der Waals surface area contributed by atoms with E-state index in [0.29, 0.717) is 24.9 Å². The summed E-state index contributed by atoms with van der Waals surface area (Å²) in [5.41, 5.74) is 1.41. The molecule has 2 saturated carbocycles. The highest BCUT2D eigenvalue weighted by Gasteiger charge is 2.68. The zero-order valence-corrected chi connectivity index (χ0v) is 17.5. The number of amides is 1. The van der Waals surface area contributed by atoms with E-state index in [1.807, 2.05) is 12.1 Å². The number of fused-ring (bicyclic) bond motifs is 1. The second-order valence-electron chi connectivity index (χ2n) is 9.36. The minimum Gasteiger partial charge on any atom is -0.497 e. The normalized spacial score (nSPS) is 35.4. The molecule has 3 aliphatic rings. The summed E-state index contributed by atoms with van der Waals surface area (Å²) in [4.78, 5) is 12.6. The number of hydrogen-bond donors (Lipinski definition) is 1. The van der Waals surface area contributed by atoms with Crippen molar-refractivity contribution in [3.63, 3.8) is 0 Å². The van der Waals surface area contributed by atoms with Crippen LogP contribution in [0.1, 0.15) is 51.2 Å². The lowest BCUT2D eigenvalue weighted by Crippen LogP contribution is -2.59. The molecule has 4 rings (SSSR count). The number of nitrogens with one attached hydrogen (secondary N) is 1. The number of carbonyl (C=O) groups excluding carboxylic acids is 1. The maximum absolute atomic E-state index is 12.6. The predicted molar refractivity (Wildman–Crippen MR) is 107 cm³/mol. The molecule has 1 aliphatic heterocycles. The number of carbonyl (C=O) groups is 1. The molecule has 2 bridgehead atoms. The van der Waals surface area contributed by atoms with Crippen LogP contribution in [-0.2, 0) is 14.3 Å². The van der Waals surface area contributed by atoms with Crippen molar-refractivity contribution >= 4 is 5.91 Å². The van der Waals surface area contributed by atoms with Crippen LogP contribution in [0.5, 0.6) is 5.75 Å². The van der Waals surface area contributed by atoms with Gasteiger partial charge in [0, 0.05) is 26.2 Å². The quantitative estimate of drug-likeness (QED) is 0.808. The fourth-order valence-corrected chi connectivity index (χ4v) is 6.36. The van der Waals surface area contributed by atoms with Gasteiger partial charge in [-0.1, -0.05) is 26.0 Å². The minimum atomic E-state index is 0.0725. The van der Waals surface area contributed by atoms with E-state index in [2.05, 4.69) is 31.3 Å². The fraction of sp³-hybridized carbons (Fsp3) is 0.696. The Kier molecular flexibility index (Phi) is 5.17. The molecule has 0 aromatic heterocycles. The van der Waals surface area contributed by atoms with Crippen LogP contribution in [-0.4, -0.2) is 39.4 Å². The summed E-state index contributed by atoms with van der Waals surface area (Å²) in [7, 11) is 3.34. The van der Waals surface area contributed by atoms with Gasteiger partial charge in [-0.25, -0.2) is 0 Å². The van der Waals surface area contributed by atoms with E-state index in [4.69, 9.17) is 14.2 Å². The topological polar surface area (TPSA) is 56.8 Å². The molecule has 1 saturated heterocycles. The second-order valence-corrected chi connectivity index (χ2v) is 9.36. The average molecular weight is 388 g/mol. The van der Waals surface area contributed by atoms with Crippen LogP contribution in [0.25, 0.3) is 0 Å². The summed E-state index contributed by atoms with van der Waals surface area (Å²) in [6.07, 6.45) is 3.86. The third-order valence-electron chi connectivity index (χ3n) is 7.77. The van der Waals surface area contributed by atoms with Crippen molar-refractivity contribution < 1.29 is 19.0 Å². The SMILES string of the molecule is COCCC(=O)N[C@H]1C(C)(C)[C@@H]2C[C@@H]3[C@@H](c4cccc(OC)c4)OCCC31C2. The molecule has 5 atom stereocenters. The molecule has 5 heteroatoms. The fourth-order valence-electron chi connectivity index (χ4n) is 6.36. The molecule has 1 aromatic carbocycles. The number of hydrogen-bond acceptors (Lipinski definition) is 4. The molecule has 28 heavy (non-hydrogen) atoms. The molecule has 3 fully saturated rings. The van der Waals surface area contributed by atoms with Gasteiger partial charge in [-0.05, 0) is 59.6 Å². The van der Waals surface area contributed by atoms with Gasteiger partial charge in [0.25, 0.3) is 0 Å². The third-order valence-corrected chi connectivity index (χ3v) is 7.77. The Bertz CT molecular complexity index is 733. The van der Waals surface area contributed by atoms with E-state index >= 15 is 0 Å².